The Labute approximate surface area is 167 Å². The van der Waals surface area contributed by atoms with E-state index in [1.807, 2.05) is 0 Å². The van der Waals surface area contributed by atoms with Gasteiger partial charge in [0.1, 0.15) is 24.9 Å². The highest BCUT2D eigenvalue weighted by Crippen LogP contribution is 2.38. The molecule has 2 aromatic carbocycles. The monoisotopic (exact) mass is 401 g/mol. The van der Waals surface area contributed by atoms with Crippen LogP contribution in [0.2, 0.25) is 0 Å². The van der Waals surface area contributed by atoms with Crippen molar-refractivity contribution >= 4 is 0 Å². The number of para-hydroxylation sites is 1. The third-order valence-corrected chi connectivity index (χ3v) is 4.74. The maximum Gasteiger partial charge on any atom is 0.215 e. The SMILES string of the molecule is CCCC1COC(Cn2cncn2)(c2ccc(Oc3c(F)cccc3F)cc2)O1. The number of ether oxygens (including phenoxy) is 3. The Hall–Kier alpha value is -2.84. The molecule has 1 aliphatic rings. The van der Waals surface area contributed by atoms with Crippen LogP contribution in [-0.4, -0.2) is 27.5 Å². The minimum Gasteiger partial charge on any atom is -0.451 e. The Morgan fingerprint density at radius 2 is 1.93 bits per heavy atom. The van der Waals surface area contributed by atoms with Gasteiger partial charge in [0.15, 0.2) is 17.4 Å². The van der Waals surface area contributed by atoms with Gasteiger partial charge in [-0.25, -0.2) is 18.4 Å². The molecule has 152 valence electrons. The van der Waals surface area contributed by atoms with Gasteiger partial charge in [-0.2, -0.15) is 5.10 Å². The Morgan fingerprint density at radius 3 is 2.59 bits per heavy atom. The van der Waals surface area contributed by atoms with Crippen molar-refractivity contribution < 1.29 is 23.0 Å². The lowest BCUT2D eigenvalue weighted by Crippen LogP contribution is -2.33. The van der Waals surface area contributed by atoms with Gasteiger partial charge in [-0.05, 0) is 42.8 Å². The fraction of sp³-hybridized carbons (Fsp3) is 0.333. The molecule has 0 spiro atoms. The number of hydrogen-bond donors (Lipinski definition) is 0. The molecule has 4 rings (SSSR count). The molecule has 0 amide bonds. The average Bonchev–Trinajstić information content (AvgIpc) is 3.37. The highest BCUT2D eigenvalue weighted by Gasteiger charge is 2.43. The number of benzene rings is 2. The second kappa shape index (κ2) is 8.26. The Morgan fingerprint density at radius 1 is 1.17 bits per heavy atom. The lowest BCUT2D eigenvalue weighted by Gasteiger charge is -2.28. The van der Waals surface area contributed by atoms with E-state index < -0.39 is 23.2 Å². The summed E-state index contributed by atoms with van der Waals surface area (Å²) < 4.78 is 47.1. The van der Waals surface area contributed by atoms with Crippen LogP contribution in [0.1, 0.15) is 25.3 Å². The summed E-state index contributed by atoms with van der Waals surface area (Å²) in [4.78, 5) is 3.97. The minimum absolute atomic E-state index is 0.0213. The predicted molar refractivity (Wildman–Crippen MR) is 100 cm³/mol. The van der Waals surface area contributed by atoms with Gasteiger partial charge in [-0.15, -0.1) is 0 Å². The van der Waals surface area contributed by atoms with Crippen molar-refractivity contribution in [1.82, 2.24) is 14.8 Å². The van der Waals surface area contributed by atoms with Gasteiger partial charge in [0.05, 0.1) is 12.7 Å². The summed E-state index contributed by atoms with van der Waals surface area (Å²) in [6.07, 6.45) is 4.89. The lowest BCUT2D eigenvalue weighted by atomic mass is 10.1. The van der Waals surface area contributed by atoms with Crippen molar-refractivity contribution in [1.29, 1.82) is 0 Å². The first kappa shape index (κ1) is 19.5. The largest absolute Gasteiger partial charge is 0.451 e. The second-order valence-electron chi connectivity index (χ2n) is 6.86. The molecule has 2 atom stereocenters. The van der Waals surface area contributed by atoms with Crippen LogP contribution in [0.5, 0.6) is 11.5 Å². The van der Waals surface area contributed by atoms with E-state index in [9.17, 15) is 8.78 Å². The second-order valence-corrected chi connectivity index (χ2v) is 6.86. The number of rotatable bonds is 7. The smallest absolute Gasteiger partial charge is 0.215 e. The van der Waals surface area contributed by atoms with Gasteiger partial charge < -0.3 is 14.2 Å². The van der Waals surface area contributed by atoms with E-state index in [1.165, 1.54) is 12.4 Å². The molecule has 0 radical (unpaired) electrons. The molecule has 1 aromatic heterocycles. The van der Waals surface area contributed by atoms with Crippen LogP contribution >= 0.6 is 0 Å². The van der Waals surface area contributed by atoms with Crippen LogP contribution in [0, 0.1) is 11.6 Å². The topological polar surface area (TPSA) is 58.4 Å². The zero-order valence-corrected chi connectivity index (χ0v) is 15.9. The predicted octanol–water partition coefficient (Wildman–Crippen LogP) is 4.42. The Bertz CT molecular complexity index is 930. The summed E-state index contributed by atoms with van der Waals surface area (Å²) in [6, 6.07) is 10.4. The fourth-order valence-corrected chi connectivity index (χ4v) is 3.36. The molecule has 29 heavy (non-hydrogen) atoms. The fourth-order valence-electron chi connectivity index (χ4n) is 3.36. The molecule has 0 N–H and O–H groups in total. The van der Waals surface area contributed by atoms with E-state index in [1.54, 1.807) is 35.3 Å². The number of hydrogen-bond acceptors (Lipinski definition) is 5. The van der Waals surface area contributed by atoms with Crippen molar-refractivity contribution in [3.05, 3.63) is 72.3 Å². The summed E-state index contributed by atoms with van der Waals surface area (Å²) in [6.45, 7) is 2.89. The highest BCUT2D eigenvalue weighted by atomic mass is 19.1. The summed E-state index contributed by atoms with van der Waals surface area (Å²) in [5.74, 6) is -2.68. The third-order valence-electron chi connectivity index (χ3n) is 4.74. The molecule has 0 aliphatic carbocycles. The van der Waals surface area contributed by atoms with Crippen LogP contribution < -0.4 is 4.74 Å². The van der Waals surface area contributed by atoms with E-state index in [-0.39, 0.29) is 6.10 Å². The maximum absolute atomic E-state index is 13.8. The molecule has 1 aliphatic heterocycles. The molecule has 8 heteroatoms. The first-order chi connectivity index (χ1) is 14.1. The van der Waals surface area contributed by atoms with Crippen LogP contribution in [-0.2, 0) is 21.8 Å². The van der Waals surface area contributed by atoms with Crippen LogP contribution in [0.4, 0.5) is 8.78 Å². The van der Waals surface area contributed by atoms with Crippen molar-refractivity contribution in [3.63, 3.8) is 0 Å². The Balaban J connectivity index is 1.59. The molecular formula is C21H21F2N3O3. The summed E-state index contributed by atoms with van der Waals surface area (Å²) >= 11 is 0. The normalized spacial score (nSPS) is 21.4. The van der Waals surface area contributed by atoms with E-state index in [2.05, 4.69) is 17.0 Å². The van der Waals surface area contributed by atoms with Crippen LogP contribution in [0.3, 0.4) is 0 Å². The zero-order valence-electron chi connectivity index (χ0n) is 15.9. The third kappa shape index (κ3) is 4.13. The molecule has 2 heterocycles. The summed E-state index contributed by atoms with van der Waals surface area (Å²) in [5.41, 5.74) is 0.757. The van der Waals surface area contributed by atoms with Gasteiger partial charge in [-0.3, -0.25) is 0 Å². The van der Waals surface area contributed by atoms with Crippen LogP contribution in [0.15, 0.2) is 55.1 Å². The van der Waals surface area contributed by atoms with Gasteiger partial charge >= 0.3 is 0 Å². The number of halogens is 2. The minimum atomic E-state index is -1.02. The van der Waals surface area contributed by atoms with Crippen molar-refractivity contribution in [2.24, 2.45) is 0 Å². The first-order valence-electron chi connectivity index (χ1n) is 9.46. The molecule has 2 unspecified atom stereocenters. The molecule has 0 bridgehead atoms. The van der Waals surface area contributed by atoms with Gasteiger partial charge in [-0.1, -0.05) is 19.4 Å². The highest BCUT2D eigenvalue weighted by molar-refractivity contribution is 5.36. The van der Waals surface area contributed by atoms with Crippen molar-refractivity contribution in [2.75, 3.05) is 6.61 Å². The molecule has 6 nitrogen and oxygen atoms in total. The van der Waals surface area contributed by atoms with Gasteiger partial charge in [0.25, 0.3) is 0 Å². The van der Waals surface area contributed by atoms with E-state index in [0.717, 1.165) is 30.5 Å². The number of aromatic nitrogens is 3. The zero-order chi connectivity index (χ0) is 20.3. The summed E-state index contributed by atoms with van der Waals surface area (Å²) in [7, 11) is 0. The quantitative estimate of drug-likeness (QED) is 0.587. The summed E-state index contributed by atoms with van der Waals surface area (Å²) in [5, 5.41) is 4.15. The molecule has 1 saturated heterocycles. The molecule has 0 saturated carbocycles. The molecular weight excluding hydrogens is 380 g/mol. The number of nitrogens with zero attached hydrogens (tertiary/aromatic N) is 3. The van der Waals surface area contributed by atoms with Crippen LogP contribution in [0.25, 0.3) is 0 Å². The van der Waals surface area contributed by atoms with Crippen molar-refractivity contribution in [3.8, 4) is 11.5 Å². The maximum atomic E-state index is 13.8. The molecule has 3 aromatic rings. The van der Waals surface area contributed by atoms with E-state index in [0.29, 0.717) is 18.9 Å². The Kier molecular flexibility index (Phi) is 5.55. The standard InChI is InChI=1S/C21H21F2N3O3/c1-2-4-17-11-27-21(29-17,12-26-14-24-13-25-26)15-7-9-16(10-8-15)28-20-18(22)5-3-6-19(20)23/h3,5-10,13-14,17H,2,4,11-12H2,1H3. The van der Waals surface area contributed by atoms with E-state index in [4.69, 9.17) is 14.2 Å². The average molecular weight is 401 g/mol. The lowest BCUT2D eigenvalue weighted by molar-refractivity contribution is -0.189. The van der Waals surface area contributed by atoms with Crippen molar-refractivity contribution in [2.45, 2.75) is 38.2 Å². The van der Waals surface area contributed by atoms with Gasteiger partial charge in [0, 0.05) is 5.56 Å². The molecule has 1 fully saturated rings. The van der Waals surface area contributed by atoms with E-state index >= 15 is 0 Å². The first-order valence-corrected chi connectivity index (χ1v) is 9.46. The van der Waals surface area contributed by atoms with Gasteiger partial charge in [0.2, 0.25) is 5.79 Å².